The Morgan fingerprint density at radius 1 is 1.30 bits per heavy atom. The molecule has 2 aromatic heterocycles. The Bertz CT molecular complexity index is 1060. The van der Waals surface area contributed by atoms with E-state index in [1.54, 1.807) is 30.0 Å². The molecule has 2 heterocycles. The van der Waals surface area contributed by atoms with Gasteiger partial charge < -0.3 is 29.6 Å². The number of nitrogens with zero attached hydrogens (tertiary/aromatic N) is 3. The predicted molar refractivity (Wildman–Crippen MR) is 125 cm³/mol. The van der Waals surface area contributed by atoms with Crippen LogP contribution in [0.3, 0.4) is 0 Å². The number of aliphatic hydroxyl groups is 2. The second-order valence-electron chi connectivity index (χ2n) is 7.02. The monoisotopic (exact) mass is 478 g/mol. The van der Waals surface area contributed by atoms with Crippen molar-refractivity contribution in [1.82, 2.24) is 14.5 Å². The fraction of sp³-hybridized carbons (Fsp3) is 0.318. The van der Waals surface area contributed by atoms with Crippen molar-refractivity contribution in [3.63, 3.8) is 0 Å². The lowest BCUT2D eigenvalue weighted by Gasteiger charge is -2.12. The number of nitrogens with one attached hydrogen (secondary N) is 1. The summed E-state index contributed by atoms with van der Waals surface area (Å²) >= 11 is 0. The molecule has 0 spiro atoms. The Morgan fingerprint density at radius 2 is 2.03 bits per heavy atom. The summed E-state index contributed by atoms with van der Waals surface area (Å²) in [5.74, 6) is -0.0821. The number of hydrogen-bond donors (Lipinski definition) is 3. The molecule has 0 unspecified atom stereocenters. The maximum absolute atomic E-state index is 14.5. The zero-order valence-electron chi connectivity index (χ0n) is 18.3. The molecule has 0 fully saturated rings. The van der Waals surface area contributed by atoms with Crippen molar-refractivity contribution in [2.45, 2.75) is 32.6 Å². The number of rotatable bonds is 11. The Kier molecular flexibility index (Phi) is 9.64. The van der Waals surface area contributed by atoms with Crippen LogP contribution in [-0.2, 0) is 13.2 Å². The van der Waals surface area contributed by atoms with Gasteiger partial charge in [0.2, 0.25) is 5.95 Å². The summed E-state index contributed by atoms with van der Waals surface area (Å²) in [6.45, 7) is 1.55. The van der Waals surface area contributed by atoms with Crippen molar-refractivity contribution in [1.29, 1.82) is 0 Å². The van der Waals surface area contributed by atoms with Crippen molar-refractivity contribution >= 4 is 30.9 Å². The quantitative estimate of drug-likeness (QED) is 0.360. The molecule has 0 aliphatic heterocycles. The number of ether oxygens (including phenoxy) is 2. The summed E-state index contributed by atoms with van der Waals surface area (Å²) in [5.41, 5.74) is 1.25. The van der Waals surface area contributed by atoms with Gasteiger partial charge in [-0.1, -0.05) is 6.92 Å². The van der Waals surface area contributed by atoms with Crippen LogP contribution in [0.4, 0.5) is 16.0 Å². The van der Waals surface area contributed by atoms with Crippen LogP contribution >= 0.6 is 13.5 Å². The molecule has 0 amide bonds. The summed E-state index contributed by atoms with van der Waals surface area (Å²) in [5, 5.41) is 21.4. The molecule has 3 N–H and O–H groups in total. The third-order valence-corrected chi connectivity index (χ3v) is 4.64. The number of ketones is 1. The maximum atomic E-state index is 14.5. The van der Waals surface area contributed by atoms with E-state index in [9.17, 15) is 14.3 Å². The third kappa shape index (κ3) is 6.91. The van der Waals surface area contributed by atoms with Gasteiger partial charge in [-0.25, -0.2) is 14.4 Å². The van der Waals surface area contributed by atoms with E-state index in [2.05, 4.69) is 15.3 Å². The Labute approximate surface area is 197 Å². The number of carbonyl (C=O) groups is 1. The van der Waals surface area contributed by atoms with Crippen LogP contribution in [0.15, 0.2) is 43.0 Å². The lowest BCUT2D eigenvalue weighted by atomic mass is 10.0. The Balaban J connectivity index is 0.00000385. The fourth-order valence-electron chi connectivity index (χ4n) is 2.95. The number of carbonyl (C=O) groups excluding carboxylic acids is 1. The molecular weight excluding hydrogens is 451 g/mol. The van der Waals surface area contributed by atoms with Gasteiger partial charge in [0, 0.05) is 29.9 Å². The van der Waals surface area contributed by atoms with Crippen molar-refractivity contribution in [2.24, 2.45) is 0 Å². The van der Waals surface area contributed by atoms with Gasteiger partial charge in [-0.15, -0.1) is 0 Å². The van der Waals surface area contributed by atoms with Crippen LogP contribution in [0.5, 0.6) is 11.5 Å². The number of aliphatic hydroxyl groups excluding tert-OH is 2. The van der Waals surface area contributed by atoms with Gasteiger partial charge in [0.05, 0.1) is 44.4 Å². The molecule has 3 aromatic rings. The lowest BCUT2D eigenvalue weighted by molar-refractivity contribution is 0.0813. The number of aromatic nitrogens is 3. The zero-order chi connectivity index (χ0) is 23.1. The summed E-state index contributed by atoms with van der Waals surface area (Å²) in [7, 11) is 1.34. The molecule has 9 nitrogen and oxygen atoms in total. The first-order valence-corrected chi connectivity index (χ1v) is 9.99. The molecule has 0 aliphatic carbocycles. The Morgan fingerprint density at radius 3 is 2.67 bits per heavy atom. The van der Waals surface area contributed by atoms with E-state index < -0.39 is 11.9 Å². The SMILES string of the molecule is CCC(=O)c1cc(COc2cnc(Nc3ccn(C[C@H](O)CO)c3)nc2)c(F)c(OC)c1.S. The van der Waals surface area contributed by atoms with Crippen LogP contribution in [-0.4, -0.2) is 50.4 Å². The second kappa shape index (κ2) is 12.2. The first-order chi connectivity index (χ1) is 15.4. The van der Waals surface area contributed by atoms with Crippen LogP contribution in [0, 0.1) is 5.82 Å². The van der Waals surface area contributed by atoms with Gasteiger partial charge in [0.1, 0.15) is 6.61 Å². The average Bonchev–Trinajstić information content (AvgIpc) is 3.25. The van der Waals surface area contributed by atoms with Crippen LogP contribution in [0.2, 0.25) is 0 Å². The summed E-state index contributed by atoms with van der Waals surface area (Å²) < 4.78 is 26.9. The van der Waals surface area contributed by atoms with Crippen molar-refractivity contribution < 1.29 is 28.9 Å². The molecule has 3 rings (SSSR count). The van der Waals surface area contributed by atoms with Crippen molar-refractivity contribution in [2.75, 3.05) is 19.0 Å². The highest BCUT2D eigenvalue weighted by Crippen LogP contribution is 2.25. The minimum absolute atomic E-state index is 0. The highest BCUT2D eigenvalue weighted by Gasteiger charge is 2.15. The van der Waals surface area contributed by atoms with Gasteiger partial charge in [-0.3, -0.25) is 4.79 Å². The normalized spacial score (nSPS) is 11.4. The van der Waals surface area contributed by atoms with Gasteiger partial charge in [0.15, 0.2) is 23.1 Å². The highest BCUT2D eigenvalue weighted by atomic mass is 32.1. The average molecular weight is 479 g/mol. The summed E-state index contributed by atoms with van der Waals surface area (Å²) in [6.07, 6.45) is 5.83. The standard InChI is InChI=1S/C22H25FN4O5.H2S/c1-3-19(30)14-6-15(21(23)20(7-14)31-2)13-32-18-8-24-22(25-9-18)26-16-4-5-27(10-16)11-17(29)12-28;/h4-10,17,28-29H,3,11-13H2,1-2H3,(H,24,25,26);1H2/t17-;/m0./s1. The van der Waals surface area contributed by atoms with Gasteiger partial charge in [0.25, 0.3) is 0 Å². The largest absolute Gasteiger partial charge is 0.494 e. The minimum Gasteiger partial charge on any atom is -0.494 e. The molecule has 1 aromatic carbocycles. The van der Waals surface area contributed by atoms with Crippen LogP contribution in [0.25, 0.3) is 0 Å². The van der Waals surface area contributed by atoms with Crippen molar-refractivity contribution in [3.8, 4) is 11.5 Å². The smallest absolute Gasteiger partial charge is 0.227 e. The number of benzene rings is 1. The molecule has 178 valence electrons. The molecule has 0 radical (unpaired) electrons. The minimum atomic E-state index is -0.839. The van der Waals surface area contributed by atoms with E-state index in [4.69, 9.17) is 14.6 Å². The summed E-state index contributed by atoms with van der Waals surface area (Å²) in [6, 6.07) is 4.61. The molecule has 11 heteroatoms. The summed E-state index contributed by atoms with van der Waals surface area (Å²) in [4.78, 5) is 20.3. The molecule has 33 heavy (non-hydrogen) atoms. The topological polar surface area (TPSA) is 119 Å². The maximum Gasteiger partial charge on any atom is 0.227 e. The van der Waals surface area contributed by atoms with E-state index in [1.165, 1.54) is 31.6 Å². The first-order valence-electron chi connectivity index (χ1n) is 9.99. The van der Waals surface area contributed by atoms with Crippen LogP contribution in [0.1, 0.15) is 29.3 Å². The van der Waals surface area contributed by atoms with Crippen LogP contribution < -0.4 is 14.8 Å². The first kappa shape index (κ1) is 26.1. The fourth-order valence-corrected chi connectivity index (χ4v) is 2.95. The number of halogens is 1. The van der Waals surface area contributed by atoms with E-state index in [-0.39, 0.29) is 50.4 Å². The lowest BCUT2D eigenvalue weighted by Crippen LogP contribution is -2.18. The van der Waals surface area contributed by atoms with Gasteiger partial charge in [-0.05, 0) is 18.2 Å². The predicted octanol–water partition coefficient (Wildman–Crippen LogP) is 2.81. The Hall–Kier alpha value is -3.15. The molecule has 0 bridgehead atoms. The number of methoxy groups -OCH3 is 1. The van der Waals surface area contributed by atoms with E-state index in [0.29, 0.717) is 29.4 Å². The molecule has 0 aliphatic rings. The molecule has 0 saturated carbocycles. The third-order valence-electron chi connectivity index (χ3n) is 4.64. The zero-order valence-corrected chi connectivity index (χ0v) is 19.3. The van der Waals surface area contributed by atoms with Gasteiger partial charge in [-0.2, -0.15) is 13.5 Å². The van der Waals surface area contributed by atoms with E-state index in [0.717, 1.165) is 0 Å². The van der Waals surface area contributed by atoms with Gasteiger partial charge >= 0.3 is 0 Å². The molecular formula is C22H27FN4O5S. The number of anilines is 2. The number of hydrogen-bond acceptors (Lipinski definition) is 8. The van der Waals surface area contributed by atoms with E-state index >= 15 is 0 Å². The molecule has 1 atom stereocenters. The second-order valence-corrected chi connectivity index (χ2v) is 7.02. The number of Topliss-reactive ketones (excluding diaryl/α,β-unsaturated/α-hetero) is 1. The van der Waals surface area contributed by atoms with Crippen molar-refractivity contribution in [3.05, 3.63) is 59.9 Å². The molecule has 0 saturated heterocycles. The highest BCUT2D eigenvalue weighted by molar-refractivity contribution is 7.59. The van der Waals surface area contributed by atoms with E-state index in [1.807, 2.05) is 0 Å².